The molecule has 1 aliphatic heterocycles. The first-order valence-corrected chi connectivity index (χ1v) is 8.73. The van der Waals surface area contributed by atoms with Crippen LogP contribution in [0.5, 0.6) is 0 Å². The molecule has 2 heterocycles. The van der Waals surface area contributed by atoms with Crippen molar-refractivity contribution in [2.45, 2.75) is 18.9 Å². The van der Waals surface area contributed by atoms with Crippen LogP contribution in [0.2, 0.25) is 0 Å². The summed E-state index contributed by atoms with van der Waals surface area (Å²) in [6.45, 7) is 1.16. The number of likely N-dealkylation sites (tertiary alicyclic amines) is 1. The highest BCUT2D eigenvalue weighted by molar-refractivity contribution is 9.10. The summed E-state index contributed by atoms with van der Waals surface area (Å²) in [5, 5.41) is 8.85. The van der Waals surface area contributed by atoms with E-state index >= 15 is 0 Å². The van der Waals surface area contributed by atoms with Gasteiger partial charge < -0.3 is 10.2 Å². The molecule has 0 bridgehead atoms. The highest BCUT2D eigenvalue weighted by Crippen LogP contribution is 2.17. The normalized spacial score (nSPS) is 15.0. The van der Waals surface area contributed by atoms with Crippen molar-refractivity contribution in [3.63, 3.8) is 0 Å². The molecule has 2 amide bonds. The van der Waals surface area contributed by atoms with Crippen molar-refractivity contribution >= 4 is 27.7 Å². The molecule has 0 aliphatic carbocycles. The van der Waals surface area contributed by atoms with E-state index in [4.69, 9.17) is 0 Å². The molecule has 1 fully saturated rings. The summed E-state index contributed by atoms with van der Waals surface area (Å²) >= 11 is 3.37. The van der Waals surface area contributed by atoms with Gasteiger partial charge in [-0.25, -0.2) is 5.10 Å². The van der Waals surface area contributed by atoms with E-state index in [1.165, 1.54) is 12.1 Å². The number of aromatic nitrogens is 2. The van der Waals surface area contributed by atoms with Crippen LogP contribution in [0.25, 0.3) is 0 Å². The third-order valence-corrected chi connectivity index (χ3v) is 4.59. The fourth-order valence-electron chi connectivity index (χ4n) is 2.76. The molecule has 1 saturated heterocycles. The molecule has 0 atom stereocenters. The first-order valence-electron chi connectivity index (χ1n) is 7.94. The largest absolute Gasteiger partial charge is 0.348 e. The van der Waals surface area contributed by atoms with Crippen molar-refractivity contribution in [2.24, 2.45) is 0 Å². The van der Waals surface area contributed by atoms with Crippen LogP contribution in [0.4, 0.5) is 0 Å². The van der Waals surface area contributed by atoms with Gasteiger partial charge in [-0.2, -0.15) is 5.10 Å². The molecule has 0 unspecified atom stereocenters. The van der Waals surface area contributed by atoms with Gasteiger partial charge in [-0.15, -0.1) is 0 Å². The average Bonchev–Trinajstić information content (AvgIpc) is 2.62. The highest BCUT2D eigenvalue weighted by atomic mass is 79.9. The second-order valence-corrected chi connectivity index (χ2v) is 6.77. The second kappa shape index (κ2) is 7.60. The van der Waals surface area contributed by atoms with Gasteiger partial charge in [0, 0.05) is 35.2 Å². The van der Waals surface area contributed by atoms with Gasteiger partial charge in [0.2, 0.25) is 0 Å². The Bertz CT molecular complexity index is 823. The van der Waals surface area contributed by atoms with Crippen molar-refractivity contribution < 1.29 is 9.59 Å². The van der Waals surface area contributed by atoms with Crippen LogP contribution in [-0.4, -0.2) is 46.0 Å². The molecule has 2 aromatic rings. The molecule has 2 N–H and O–H groups in total. The van der Waals surface area contributed by atoms with Crippen LogP contribution >= 0.6 is 15.9 Å². The fraction of sp³-hybridized carbons (Fsp3) is 0.294. The molecule has 1 aliphatic rings. The predicted octanol–water partition coefficient (Wildman–Crippen LogP) is 1.57. The fourth-order valence-corrected chi connectivity index (χ4v) is 3.16. The molecular weight excluding hydrogens is 388 g/mol. The zero-order valence-electron chi connectivity index (χ0n) is 13.4. The molecule has 1 aromatic carbocycles. The topological polar surface area (TPSA) is 95.2 Å². The Morgan fingerprint density at radius 1 is 1.20 bits per heavy atom. The summed E-state index contributed by atoms with van der Waals surface area (Å²) < 4.78 is 0.869. The minimum absolute atomic E-state index is 0.00613. The number of hydrogen-bond acceptors (Lipinski definition) is 4. The molecule has 0 radical (unpaired) electrons. The van der Waals surface area contributed by atoms with Gasteiger partial charge in [0.25, 0.3) is 17.4 Å². The van der Waals surface area contributed by atoms with E-state index in [-0.39, 0.29) is 29.1 Å². The molecule has 25 heavy (non-hydrogen) atoms. The molecule has 7 nitrogen and oxygen atoms in total. The summed E-state index contributed by atoms with van der Waals surface area (Å²) in [5.74, 6) is -0.332. The molecule has 8 heteroatoms. The van der Waals surface area contributed by atoms with Crippen molar-refractivity contribution in [3.8, 4) is 0 Å². The van der Waals surface area contributed by atoms with Crippen LogP contribution in [0.1, 0.15) is 33.7 Å². The second-order valence-electron chi connectivity index (χ2n) is 5.86. The number of piperidine rings is 1. The minimum atomic E-state index is -0.351. The lowest BCUT2D eigenvalue weighted by atomic mass is 10.0. The Kier molecular flexibility index (Phi) is 5.28. The monoisotopic (exact) mass is 404 g/mol. The van der Waals surface area contributed by atoms with Crippen molar-refractivity contribution in [3.05, 3.63) is 62.5 Å². The number of benzene rings is 1. The lowest BCUT2D eigenvalue weighted by Crippen LogP contribution is -2.46. The SMILES string of the molecule is O=C(NC1CCN(C(=O)c2cccc(Br)c2)CC1)c1ccc(=O)[nH]n1. The number of nitrogens with zero attached hydrogens (tertiary/aromatic N) is 2. The van der Waals surface area contributed by atoms with E-state index in [9.17, 15) is 14.4 Å². The van der Waals surface area contributed by atoms with Crippen LogP contribution in [0.15, 0.2) is 45.7 Å². The highest BCUT2D eigenvalue weighted by Gasteiger charge is 2.25. The third-order valence-electron chi connectivity index (χ3n) is 4.10. The van der Waals surface area contributed by atoms with E-state index in [1.54, 1.807) is 17.0 Å². The zero-order chi connectivity index (χ0) is 17.8. The van der Waals surface area contributed by atoms with Crippen LogP contribution in [0, 0.1) is 0 Å². The van der Waals surface area contributed by atoms with Crippen LogP contribution in [0.3, 0.4) is 0 Å². The van der Waals surface area contributed by atoms with Crippen molar-refractivity contribution in [2.75, 3.05) is 13.1 Å². The molecule has 0 saturated carbocycles. The maximum Gasteiger partial charge on any atom is 0.271 e. The van der Waals surface area contributed by atoms with Gasteiger partial charge in [0.1, 0.15) is 5.69 Å². The van der Waals surface area contributed by atoms with E-state index in [0.717, 1.165) is 4.47 Å². The molecular formula is C17H17BrN4O3. The smallest absolute Gasteiger partial charge is 0.271 e. The van der Waals surface area contributed by atoms with Crippen molar-refractivity contribution in [1.29, 1.82) is 0 Å². The Morgan fingerprint density at radius 2 is 1.96 bits per heavy atom. The number of hydrogen-bond donors (Lipinski definition) is 2. The maximum absolute atomic E-state index is 12.5. The summed E-state index contributed by atoms with van der Waals surface area (Å²) in [4.78, 5) is 37.4. The van der Waals surface area contributed by atoms with Gasteiger partial charge in [-0.1, -0.05) is 22.0 Å². The summed E-state index contributed by atoms with van der Waals surface area (Å²) in [5.41, 5.74) is 0.470. The molecule has 130 valence electrons. The van der Waals surface area contributed by atoms with Crippen LogP contribution in [-0.2, 0) is 0 Å². The zero-order valence-corrected chi connectivity index (χ0v) is 15.0. The number of amides is 2. The number of carbonyl (C=O) groups is 2. The van der Waals surface area contributed by atoms with Gasteiger partial charge in [0.15, 0.2) is 0 Å². The van der Waals surface area contributed by atoms with Crippen molar-refractivity contribution in [1.82, 2.24) is 20.4 Å². The average molecular weight is 405 g/mol. The number of aromatic amines is 1. The van der Waals surface area contributed by atoms with E-state index in [1.807, 2.05) is 12.1 Å². The summed E-state index contributed by atoms with van der Waals surface area (Å²) in [7, 11) is 0. The molecule has 3 rings (SSSR count). The first-order chi connectivity index (χ1) is 12.0. The first kappa shape index (κ1) is 17.3. The Morgan fingerprint density at radius 3 is 2.60 bits per heavy atom. The Balaban J connectivity index is 1.55. The summed E-state index contributed by atoms with van der Waals surface area (Å²) in [6, 6.07) is 9.94. The van der Waals surface area contributed by atoms with Gasteiger partial charge in [0.05, 0.1) is 0 Å². The van der Waals surface area contributed by atoms with Gasteiger partial charge in [-0.3, -0.25) is 14.4 Å². The van der Waals surface area contributed by atoms with Crippen LogP contribution < -0.4 is 10.9 Å². The third kappa shape index (κ3) is 4.33. The molecule has 0 spiro atoms. The minimum Gasteiger partial charge on any atom is -0.348 e. The van der Waals surface area contributed by atoms with E-state index in [0.29, 0.717) is 31.5 Å². The van der Waals surface area contributed by atoms with Gasteiger partial charge in [-0.05, 0) is 37.1 Å². The lowest BCUT2D eigenvalue weighted by molar-refractivity contribution is 0.0697. The number of carbonyl (C=O) groups excluding carboxylic acids is 2. The number of rotatable bonds is 3. The lowest BCUT2D eigenvalue weighted by Gasteiger charge is -2.32. The summed E-state index contributed by atoms with van der Waals surface area (Å²) in [6.07, 6.45) is 1.35. The Hall–Kier alpha value is -2.48. The standard InChI is InChI=1S/C17H17BrN4O3/c18-12-3-1-2-11(10-12)17(25)22-8-6-13(7-9-22)19-16(24)14-4-5-15(23)21-20-14/h1-5,10,13H,6-9H2,(H,19,24)(H,21,23). The number of nitrogens with one attached hydrogen (secondary N) is 2. The molecule has 1 aromatic heterocycles. The predicted molar refractivity (Wildman–Crippen MR) is 95.4 cm³/mol. The quantitative estimate of drug-likeness (QED) is 0.811. The number of halogens is 1. The van der Waals surface area contributed by atoms with E-state index < -0.39 is 0 Å². The maximum atomic E-state index is 12.5. The van der Waals surface area contributed by atoms with E-state index in [2.05, 4.69) is 31.4 Å². The Labute approximate surface area is 152 Å². The van der Waals surface area contributed by atoms with Gasteiger partial charge >= 0.3 is 0 Å². The number of H-pyrrole nitrogens is 1.